The molecule has 228 valence electrons. The Morgan fingerprint density at radius 2 is 1.13 bits per heavy atom. The second-order valence-electron chi connectivity index (χ2n) is 11.5. The average molecular weight is 787 g/mol. The van der Waals surface area contributed by atoms with Gasteiger partial charge in [-0.25, -0.2) is 19.7 Å². The molecule has 0 fully saturated rings. The number of hydrogen-bond donors (Lipinski definition) is 3. The molecular formula is C38H33N5O2Pt+4. The van der Waals surface area contributed by atoms with Crippen molar-refractivity contribution in [3.63, 3.8) is 0 Å². The number of allylic oxidation sites excluding steroid dienone is 4. The number of carboxylic acid groups (broad SMARTS) is 1. The Balaban J connectivity index is 0.00000372. The Labute approximate surface area is 281 Å². The van der Waals surface area contributed by atoms with E-state index in [1.807, 2.05) is 24.3 Å². The van der Waals surface area contributed by atoms with Gasteiger partial charge < -0.3 is 15.1 Å². The van der Waals surface area contributed by atoms with Crippen molar-refractivity contribution in [3.8, 4) is 11.1 Å². The summed E-state index contributed by atoms with van der Waals surface area (Å²) in [7, 11) is 0. The van der Waals surface area contributed by atoms with E-state index in [1.165, 1.54) is 11.1 Å². The van der Waals surface area contributed by atoms with E-state index in [0.29, 0.717) is 0 Å². The summed E-state index contributed by atoms with van der Waals surface area (Å²) in [6, 6.07) is 23.5. The molecule has 0 saturated heterocycles. The van der Waals surface area contributed by atoms with Crippen molar-refractivity contribution in [1.29, 1.82) is 0 Å². The van der Waals surface area contributed by atoms with E-state index in [0.717, 1.165) is 91.3 Å². The van der Waals surface area contributed by atoms with Crippen LogP contribution in [0.4, 0.5) is 0 Å². The van der Waals surface area contributed by atoms with Crippen molar-refractivity contribution in [3.05, 3.63) is 113 Å². The molecule has 7 rings (SSSR count). The first-order valence-electron chi connectivity index (χ1n) is 15.3. The average Bonchev–Trinajstić information content (AvgIpc) is 3.86. The second kappa shape index (κ2) is 12.5. The summed E-state index contributed by atoms with van der Waals surface area (Å²) >= 11 is 0. The number of carboxylic acids is 1. The normalized spacial score (nSPS) is 13.1. The molecule has 8 heteroatoms. The Morgan fingerprint density at radius 1 is 0.652 bits per heavy atom. The standard InChI is InChI=1S/C38H33N5O2.Pt/c1-5-29-21(3)33-17-27-13-15-31(40-27)37(23-7-9-24(10-8-23)38(44)45)32-16-14-28(41-32)18-34-22(4)30(6-2)36(43-34)20-26-12-11-25(39-26)19-35(29)42-33;/h7-20,40-41H,5-6H2,1-4H3,(H,44,45);/q;+4. The van der Waals surface area contributed by atoms with Crippen LogP contribution in [0.15, 0.2) is 72.8 Å². The SMILES string of the molecule is CCC1=C(C)c2cc3ccc([nH]3)c(-c3ccc(C(=O)O)cc3)c3ccc(cc4nc(cc5nc(cc1n2)C=C5)C(CC)=C4C)[nH]3.[Pt+4]. The number of H-pyrrole nitrogens is 2. The Kier molecular flexibility index (Phi) is 8.45. The zero-order valence-electron chi connectivity index (χ0n) is 26.0. The quantitative estimate of drug-likeness (QED) is 0.168. The van der Waals surface area contributed by atoms with Crippen LogP contribution in [0.1, 0.15) is 85.1 Å². The van der Waals surface area contributed by atoms with E-state index in [1.54, 1.807) is 12.1 Å². The van der Waals surface area contributed by atoms with Crippen LogP contribution in [0.2, 0.25) is 0 Å². The maximum atomic E-state index is 11.6. The molecule has 46 heavy (non-hydrogen) atoms. The van der Waals surface area contributed by atoms with E-state index >= 15 is 0 Å². The van der Waals surface area contributed by atoms with Gasteiger partial charge in [-0.3, -0.25) is 0 Å². The molecule has 3 aliphatic rings. The van der Waals surface area contributed by atoms with Gasteiger partial charge in [-0.15, -0.1) is 0 Å². The van der Waals surface area contributed by atoms with Crippen molar-refractivity contribution >= 4 is 62.5 Å². The van der Waals surface area contributed by atoms with Gasteiger partial charge in [-0.2, -0.15) is 0 Å². The second-order valence-corrected chi connectivity index (χ2v) is 11.5. The van der Waals surface area contributed by atoms with Crippen LogP contribution in [-0.2, 0) is 21.1 Å². The number of nitrogens with one attached hydrogen (secondary N) is 2. The number of aromatic amines is 2. The Morgan fingerprint density at radius 3 is 1.57 bits per heavy atom. The molecule has 0 spiro atoms. The fourth-order valence-electron chi connectivity index (χ4n) is 6.32. The molecule has 0 radical (unpaired) electrons. The van der Waals surface area contributed by atoms with Crippen molar-refractivity contribution < 1.29 is 31.0 Å². The number of carbonyl (C=O) groups is 1. The van der Waals surface area contributed by atoms with Gasteiger partial charge in [0.05, 0.1) is 39.7 Å². The third-order valence-electron chi connectivity index (χ3n) is 8.69. The van der Waals surface area contributed by atoms with E-state index in [2.05, 4.69) is 86.2 Å². The molecule has 3 aliphatic heterocycles. The van der Waals surface area contributed by atoms with Crippen LogP contribution >= 0.6 is 0 Å². The third kappa shape index (κ3) is 5.67. The molecule has 4 aromatic rings. The van der Waals surface area contributed by atoms with E-state index < -0.39 is 5.97 Å². The number of rotatable bonds is 4. The third-order valence-corrected chi connectivity index (χ3v) is 8.69. The molecule has 0 unspecified atom stereocenters. The molecular weight excluding hydrogens is 754 g/mol. The fourth-order valence-corrected chi connectivity index (χ4v) is 6.32. The molecule has 3 N–H and O–H groups in total. The minimum Gasteiger partial charge on any atom is -0.478 e. The molecule has 1 aromatic carbocycles. The zero-order chi connectivity index (χ0) is 31.2. The van der Waals surface area contributed by atoms with Crippen LogP contribution in [0.5, 0.6) is 0 Å². The number of nitrogens with zero attached hydrogens (tertiary/aromatic N) is 3. The van der Waals surface area contributed by atoms with Crippen molar-refractivity contribution in [2.45, 2.75) is 40.5 Å². The predicted octanol–water partition coefficient (Wildman–Crippen LogP) is 9.36. The van der Waals surface area contributed by atoms with Gasteiger partial charge in [-0.1, -0.05) is 26.0 Å². The number of fused-ring (bicyclic) bond motifs is 10. The van der Waals surface area contributed by atoms with Gasteiger partial charge in [0.2, 0.25) is 0 Å². The van der Waals surface area contributed by atoms with Gasteiger partial charge in [0.15, 0.2) is 0 Å². The van der Waals surface area contributed by atoms with Gasteiger partial charge in [0.1, 0.15) is 0 Å². The smallest absolute Gasteiger partial charge is 0.478 e. The summed E-state index contributed by atoms with van der Waals surface area (Å²) in [5.74, 6) is -0.952. The molecule has 0 saturated carbocycles. The minimum atomic E-state index is -0.952. The molecule has 6 heterocycles. The van der Waals surface area contributed by atoms with Crippen LogP contribution in [-0.4, -0.2) is 36.0 Å². The summed E-state index contributed by atoms with van der Waals surface area (Å²) in [6.45, 7) is 8.56. The first-order chi connectivity index (χ1) is 21.8. The van der Waals surface area contributed by atoms with Crippen LogP contribution in [0.3, 0.4) is 0 Å². The van der Waals surface area contributed by atoms with Crippen molar-refractivity contribution in [1.82, 2.24) is 24.9 Å². The number of aromatic nitrogens is 5. The topological polar surface area (TPSA) is 108 Å². The largest absolute Gasteiger partial charge is 4.00 e. The molecule has 7 nitrogen and oxygen atoms in total. The summed E-state index contributed by atoms with van der Waals surface area (Å²) in [5, 5.41) is 9.49. The Hall–Kier alpha value is -4.87. The van der Waals surface area contributed by atoms with Crippen molar-refractivity contribution in [2.75, 3.05) is 0 Å². The number of aromatic carboxylic acids is 1. The zero-order valence-corrected chi connectivity index (χ0v) is 28.3. The van der Waals surface area contributed by atoms with E-state index in [9.17, 15) is 9.90 Å². The van der Waals surface area contributed by atoms with Gasteiger partial charge in [-0.05, 0) is 127 Å². The minimum absolute atomic E-state index is 0. The maximum Gasteiger partial charge on any atom is 4.00 e. The summed E-state index contributed by atoms with van der Waals surface area (Å²) in [5.41, 5.74) is 15.9. The van der Waals surface area contributed by atoms with Crippen molar-refractivity contribution in [2.24, 2.45) is 0 Å². The molecule has 0 aliphatic carbocycles. The van der Waals surface area contributed by atoms with Crippen LogP contribution in [0.25, 0.3) is 67.6 Å². The first kappa shape index (κ1) is 31.1. The monoisotopic (exact) mass is 786 g/mol. The summed E-state index contributed by atoms with van der Waals surface area (Å²) in [6.07, 6.45) is 5.80. The van der Waals surface area contributed by atoms with Crippen LogP contribution < -0.4 is 0 Å². The van der Waals surface area contributed by atoms with Crippen LogP contribution in [0, 0.1) is 0 Å². The van der Waals surface area contributed by atoms with Gasteiger partial charge in [0.25, 0.3) is 0 Å². The molecule has 3 aromatic heterocycles. The fraction of sp³-hybridized carbons (Fsp3) is 0.158. The maximum absolute atomic E-state index is 11.6. The first-order valence-corrected chi connectivity index (χ1v) is 15.3. The summed E-state index contributed by atoms with van der Waals surface area (Å²) < 4.78 is 0. The van der Waals surface area contributed by atoms with Gasteiger partial charge >= 0.3 is 27.0 Å². The molecule has 10 bridgehead atoms. The number of hydrogen-bond acceptors (Lipinski definition) is 4. The summed E-state index contributed by atoms with van der Waals surface area (Å²) in [4.78, 5) is 33.7. The van der Waals surface area contributed by atoms with E-state index in [4.69, 9.17) is 15.0 Å². The van der Waals surface area contributed by atoms with Gasteiger partial charge in [0, 0.05) is 27.6 Å². The molecule has 0 atom stereocenters. The molecule has 0 amide bonds. The predicted molar refractivity (Wildman–Crippen MR) is 183 cm³/mol. The Bertz CT molecular complexity index is 2110. The van der Waals surface area contributed by atoms with E-state index in [-0.39, 0.29) is 26.6 Å². The number of benzene rings is 1.